The zero-order valence-corrected chi connectivity index (χ0v) is 17.4. The third-order valence-corrected chi connectivity index (χ3v) is 4.30. The Labute approximate surface area is 178 Å². The second-order valence-electron chi connectivity index (χ2n) is 7.05. The number of carbonyl (C=O) groups is 1. The normalized spacial score (nSPS) is 11.3. The van der Waals surface area contributed by atoms with Crippen LogP contribution in [-0.4, -0.2) is 17.5 Å². The molecule has 2 N–H and O–H groups in total. The maximum atomic E-state index is 12.3. The van der Waals surface area contributed by atoms with Crippen LogP contribution in [0.25, 0.3) is 6.08 Å². The van der Waals surface area contributed by atoms with E-state index in [4.69, 9.17) is 9.94 Å². The molecule has 0 aromatic heterocycles. The lowest BCUT2D eigenvalue weighted by atomic mass is 9.99. The topological polar surface area (TPSA) is 67.8 Å². The molecule has 0 atom stereocenters. The molecule has 31 heavy (non-hydrogen) atoms. The molecule has 2 rings (SSSR count). The van der Waals surface area contributed by atoms with Gasteiger partial charge in [-0.05, 0) is 56.5 Å². The van der Waals surface area contributed by atoms with Gasteiger partial charge in [-0.15, -0.1) is 13.2 Å². The van der Waals surface area contributed by atoms with Crippen molar-refractivity contribution in [3.63, 3.8) is 0 Å². The first kappa shape index (κ1) is 24.0. The highest BCUT2D eigenvalue weighted by Gasteiger charge is 2.30. The molecule has 0 unspecified atom stereocenters. The zero-order chi connectivity index (χ0) is 23.0. The number of benzene rings is 2. The van der Waals surface area contributed by atoms with E-state index in [1.54, 1.807) is 6.07 Å². The van der Waals surface area contributed by atoms with Gasteiger partial charge >= 0.3 is 6.36 Å². The fraction of sp³-hybridized carbons (Fsp3) is 0.261. The SMILES string of the molecule is CC(C)=CCc1c(C)ccc(/C=C/C(=O)NO)c1OCc1ccc(OC(F)(F)F)cc1. The lowest BCUT2D eigenvalue weighted by molar-refractivity contribution is -0.274. The number of amides is 1. The number of hydrogen-bond acceptors (Lipinski definition) is 4. The van der Waals surface area contributed by atoms with Crippen LogP contribution in [0.3, 0.4) is 0 Å². The minimum absolute atomic E-state index is 0.102. The molecule has 0 heterocycles. The van der Waals surface area contributed by atoms with Gasteiger partial charge in [0.05, 0.1) is 0 Å². The van der Waals surface area contributed by atoms with E-state index in [9.17, 15) is 18.0 Å². The van der Waals surface area contributed by atoms with E-state index >= 15 is 0 Å². The van der Waals surface area contributed by atoms with Crippen molar-refractivity contribution in [1.82, 2.24) is 5.48 Å². The summed E-state index contributed by atoms with van der Waals surface area (Å²) in [5, 5.41) is 8.70. The quantitative estimate of drug-likeness (QED) is 0.249. The number of aryl methyl sites for hydroxylation is 1. The van der Waals surface area contributed by atoms with Crippen LogP contribution in [0, 0.1) is 6.92 Å². The van der Waals surface area contributed by atoms with Crippen LogP contribution < -0.4 is 15.0 Å². The Bertz CT molecular complexity index is 960. The van der Waals surface area contributed by atoms with Crippen molar-refractivity contribution in [2.45, 2.75) is 40.2 Å². The predicted molar refractivity (Wildman–Crippen MR) is 111 cm³/mol. The van der Waals surface area contributed by atoms with Crippen LogP contribution in [-0.2, 0) is 17.8 Å². The predicted octanol–water partition coefficient (Wildman–Crippen LogP) is 5.50. The van der Waals surface area contributed by atoms with Gasteiger partial charge < -0.3 is 9.47 Å². The maximum absolute atomic E-state index is 12.3. The Hall–Kier alpha value is -3.26. The molecule has 1 amide bonds. The molecular weight excluding hydrogens is 411 g/mol. The molecule has 0 bridgehead atoms. The summed E-state index contributed by atoms with van der Waals surface area (Å²) in [6.45, 7) is 6.01. The van der Waals surface area contributed by atoms with E-state index in [1.807, 2.05) is 32.9 Å². The van der Waals surface area contributed by atoms with Gasteiger partial charge in [0, 0.05) is 17.2 Å². The van der Waals surface area contributed by atoms with E-state index in [2.05, 4.69) is 4.74 Å². The van der Waals surface area contributed by atoms with Crippen LogP contribution in [0.4, 0.5) is 13.2 Å². The molecule has 0 fully saturated rings. The number of carbonyl (C=O) groups excluding carboxylic acids is 1. The minimum atomic E-state index is -4.75. The molecule has 2 aromatic rings. The fourth-order valence-electron chi connectivity index (χ4n) is 2.75. The highest BCUT2D eigenvalue weighted by atomic mass is 19.4. The second-order valence-corrected chi connectivity index (χ2v) is 7.05. The lowest BCUT2D eigenvalue weighted by Gasteiger charge is -2.17. The van der Waals surface area contributed by atoms with Gasteiger partial charge in [0.15, 0.2) is 0 Å². The summed E-state index contributed by atoms with van der Waals surface area (Å²) in [7, 11) is 0. The number of allylic oxidation sites excluding steroid dienone is 2. The molecule has 0 aliphatic carbocycles. The third-order valence-electron chi connectivity index (χ3n) is 4.30. The molecule has 0 saturated heterocycles. The Morgan fingerprint density at radius 1 is 1.13 bits per heavy atom. The Morgan fingerprint density at radius 2 is 1.81 bits per heavy atom. The summed E-state index contributed by atoms with van der Waals surface area (Å²) in [5.74, 6) is -0.442. The molecule has 2 aromatic carbocycles. The Balaban J connectivity index is 2.31. The smallest absolute Gasteiger partial charge is 0.488 e. The molecule has 0 radical (unpaired) electrons. The van der Waals surface area contributed by atoms with E-state index in [0.717, 1.165) is 16.7 Å². The van der Waals surface area contributed by atoms with Crippen molar-refractivity contribution in [1.29, 1.82) is 0 Å². The number of nitrogens with one attached hydrogen (secondary N) is 1. The maximum Gasteiger partial charge on any atom is 0.573 e. The molecular formula is C23H24F3NO4. The largest absolute Gasteiger partial charge is 0.573 e. The zero-order valence-electron chi connectivity index (χ0n) is 17.4. The number of halogens is 3. The number of hydrogen-bond donors (Lipinski definition) is 2. The average Bonchev–Trinajstić information content (AvgIpc) is 2.70. The van der Waals surface area contributed by atoms with E-state index in [-0.39, 0.29) is 12.4 Å². The standard InChI is InChI=1S/C23H24F3NO4/c1-15(2)4-12-20-16(3)5-8-18(9-13-21(28)27-29)22(20)30-14-17-6-10-19(11-7-17)31-23(24,25)26/h4-11,13,29H,12,14H2,1-3H3,(H,27,28)/b13-9+. The minimum Gasteiger partial charge on any atom is -0.488 e. The van der Waals surface area contributed by atoms with Gasteiger partial charge in [-0.2, -0.15) is 0 Å². The van der Waals surface area contributed by atoms with Crippen molar-refractivity contribution >= 4 is 12.0 Å². The van der Waals surface area contributed by atoms with E-state index in [1.165, 1.54) is 41.9 Å². The Morgan fingerprint density at radius 3 is 2.39 bits per heavy atom. The van der Waals surface area contributed by atoms with Crippen molar-refractivity contribution in [2.75, 3.05) is 0 Å². The van der Waals surface area contributed by atoms with Gasteiger partial charge in [-0.1, -0.05) is 35.9 Å². The first-order valence-electron chi connectivity index (χ1n) is 9.44. The molecule has 0 aliphatic rings. The molecule has 0 aliphatic heterocycles. The second kappa shape index (κ2) is 10.7. The summed E-state index contributed by atoms with van der Waals surface area (Å²) in [5.41, 5.74) is 5.85. The highest BCUT2D eigenvalue weighted by molar-refractivity contribution is 5.91. The fourth-order valence-corrected chi connectivity index (χ4v) is 2.75. The van der Waals surface area contributed by atoms with Crippen molar-refractivity contribution < 1.29 is 32.6 Å². The number of alkyl halides is 3. The number of hydroxylamine groups is 1. The first-order valence-corrected chi connectivity index (χ1v) is 9.44. The van der Waals surface area contributed by atoms with Crippen molar-refractivity contribution in [2.24, 2.45) is 0 Å². The van der Waals surface area contributed by atoms with Gasteiger partial charge in [-0.3, -0.25) is 10.0 Å². The molecule has 0 spiro atoms. The monoisotopic (exact) mass is 435 g/mol. The van der Waals surface area contributed by atoms with Gasteiger partial charge in [-0.25, -0.2) is 5.48 Å². The van der Waals surface area contributed by atoms with Crippen LogP contribution in [0.5, 0.6) is 11.5 Å². The van der Waals surface area contributed by atoms with E-state index < -0.39 is 12.3 Å². The van der Waals surface area contributed by atoms with Crippen LogP contribution >= 0.6 is 0 Å². The third kappa shape index (κ3) is 7.82. The lowest BCUT2D eigenvalue weighted by Crippen LogP contribution is -2.17. The summed E-state index contributed by atoms with van der Waals surface area (Å²) >= 11 is 0. The number of ether oxygens (including phenoxy) is 2. The Kier molecular flexibility index (Phi) is 8.27. The highest BCUT2D eigenvalue weighted by Crippen LogP contribution is 2.31. The summed E-state index contributed by atoms with van der Waals surface area (Å²) in [6, 6.07) is 9.11. The summed E-state index contributed by atoms with van der Waals surface area (Å²) in [4.78, 5) is 11.4. The van der Waals surface area contributed by atoms with Crippen molar-refractivity contribution in [3.8, 4) is 11.5 Å². The molecule has 166 valence electrons. The average molecular weight is 435 g/mol. The van der Waals surface area contributed by atoms with Crippen LogP contribution in [0.15, 0.2) is 54.1 Å². The van der Waals surface area contributed by atoms with Crippen LogP contribution in [0.2, 0.25) is 0 Å². The van der Waals surface area contributed by atoms with Crippen molar-refractivity contribution in [3.05, 3.63) is 76.4 Å². The van der Waals surface area contributed by atoms with E-state index in [0.29, 0.717) is 23.3 Å². The number of rotatable bonds is 8. The molecule has 8 heteroatoms. The summed E-state index contributed by atoms with van der Waals surface area (Å²) < 4.78 is 46.9. The van der Waals surface area contributed by atoms with Gasteiger partial charge in [0.25, 0.3) is 5.91 Å². The summed E-state index contributed by atoms with van der Waals surface area (Å²) in [6.07, 6.45) is 0.599. The first-order chi connectivity index (χ1) is 14.6. The molecule has 5 nitrogen and oxygen atoms in total. The van der Waals surface area contributed by atoms with Crippen LogP contribution in [0.1, 0.15) is 36.1 Å². The molecule has 0 saturated carbocycles. The van der Waals surface area contributed by atoms with Gasteiger partial charge in [0.1, 0.15) is 18.1 Å². The van der Waals surface area contributed by atoms with Gasteiger partial charge in [0.2, 0.25) is 0 Å².